The number of rotatable bonds is 8. The van der Waals surface area contributed by atoms with Crippen LogP contribution in [0.1, 0.15) is 46.5 Å². The molecule has 0 bridgehead atoms. The molecule has 0 radical (unpaired) electrons. The summed E-state index contributed by atoms with van der Waals surface area (Å²) in [6.07, 6.45) is 2.25. The van der Waals surface area contributed by atoms with E-state index in [4.69, 9.17) is 4.74 Å². The molecule has 1 saturated heterocycles. The van der Waals surface area contributed by atoms with Gasteiger partial charge < -0.3 is 9.72 Å². The number of hydrogen-bond acceptors (Lipinski definition) is 6. The summed E-state index contributed by atoms with van der Waals surface area (Å²) >= 11 is 0. The van der Waals surface area contributed by atoms with Crippen molar-refractivity contribution in [3.05, 3.63) is 86.5 Å². The summed E-state index contributed by atoms with van der Waals surface area (Å²) in [5.41, 5.74) is 6.22. The molecule has 4 aromatic rings. The minimum atomic E-state index is -0.0580. The summed E-state index contributed by atoms with van der Waals surface area (Å²) in [5, 5.41) is 13.5. The summed E-state index contributed by atoms with van der Waals surface area (Å²) < 4.78 is 7.63. The number of tetrazole rings is 1. The van der Waals surface area contributed by atoms with Crippen LogP contribution in [0.4, 0.5) is 0 Å². The summed E-state index contributed by atoms with van der Waals surface area (Å²) in [4.78, 5) is 18.4. The molecule has 3 heterocycles. The van der Waals surface area contributed by atoms with Crippen LogP contribution in [0.5, 0.6) is 0 Å². The first-order chi connectivity index (χ1) is 16.9. The van der Waals surface area contributed by atoms with Crippen molar-refractivity contribution < 1.29 is 4.74 Å². The number of H-pyrrole nitrogens is 1. The zero-order chi connectivity index (χ0) is 24.4. The highest BCUT2D eigenvalue weighted by atomic mass is 16.5. The molecule has 1 aliphatic rings. The number of pyridine rings is 1. The molecule has 8 heteroatoms. The summed E-state index contributed by atoms with van der Waals surface area (Å²) in [6.45, 7) is 9.33. The van der Waals surface area contributed by atoms with Gasteiger partial charge in [-0.15, -0.1) is 5.10 Å². The van der Waals surface area contributed by atoms with Gasteiger partial charge in [-0.3, -0.25) is 9.69 Å². The van der Waals surface area contributed by atoms with Gasteiger partial charge in [-0.25, -0.2) is 4.68 Å². The second kappa shape index (κ2) is 10.1. The van der Waals surface area contributed by atoms with Crippen molar-refractivity contribution in [2.45, 2.75) is 65.9 Å². The molecular weight excluding hydrogens is 440 g/mol. The molecule has 0 amide bonds. The van der Waals surface area contributed by atoms with E-state index < -0.39 is 0 Å². The Bertz CT molecular complexity index is 1370. The summed E-state index contributed by atoms with van der Waals surface area (Å²) in [7, 11) is 0. The maximum absolute atomic E-state index is 13.1. The Balaban J connectivity index is 1.44. The van der Waals surface area contributed by atoms with E-state index in [0.29, 0.717) is 26.2 Å². The van der Waals surface area contributed by atoms with Gasteiger partial charge in [-0.2, -0.15) is 0 Å². The predicted molar refractivity (Wildman–Crippen MR) is 135 cm³/mol. The molecule has 0 spiro atoms. The Kier molecular flexibility index (Phi) is 6.74. The van der Waals surface area contributed by atoms with Gasteiger partial charge in [0.2, 0.25) is 0 Å². The Hall–Kier alpha value is -3.36. The first kappa shape index (κ1) is 23.4. The molecule has 35 heavy (non-hydrogen) atoms. The van der Waals surface area contributed by atoms with Crippen LogP contribution in [-0.4, -0.2) is 42.8 Å². The molecule has 1 fully saturated rings. The zero-order valence-electron chi connectivity index (χ0n) is 20.6. The molecule has 2 aromatic carbocycles. The van der Waals surface area contributed by atoms with Crippen molar-refractivity contribution in [2.24, 2.45) is 0 Å². The molecule has 1 aliphatic heterocycles. The topological polar surface area (TPSA) is 88.9 Å². The Labute approximate surface area is 204 Å². The van der Waals surface area contributed by atoms with Gasteiger partial charge in [-0.1, -0.05) is 41.5 Å². The number of aromatic amines is 1. The van der Waals surface area contributed by atoms with E-state index in [1.165, 1.54) is 16.7 Å². The first-order valence-electron chi connectivity index (χ1n) is 12.2. The van der Waals surface area contributed by atoms with E-state index in [9.17, 15) is 4.79 Å². The van der Waals surface area contributed by atoms with Gasteiger partial charge in [0, 0.05) is 25.3 Å². The van der Waals surface area contributed by atoms with Crippen LogP contribution in [0.3, 0.4) is 0 Å². The lowest BCUT2D eigenvalue weighted by atomic mass is 10.0. The number of aryl methyl sites for hydroxylation is 3. The smallest absolute Gasteiger partial charge is 0.252 e. The van der Waals surface area contributed by atoms with Crippen LogP contribution < -0.4 is 5.56 Å². The third-order valence-electron chi connectivity index (χ3n) is 6.66. The van der Waals surface area contributed by atoms with Gasteiger partial charge in [0.25, 0.3) is 5.56 Å². The fourth-order valence-corrected chi connectivity index (χ4v) is 4.87. The number of ether oxygens (including phenoxy) is 1. The standard InChI is InChI=1S/C27H32N6O2/c1-18-6-8-21(9-7-18)14-32(17-25-29-30-31-33(25)16-24-5-4-10-35-24)15-23-13-22-12-19(2)11-20(3)26(22)28-27(23)34/h6-9,11-13,24H,4-5,10,14-17H2,1-3H3,(H,28,34)/t24-/m0/s1. The SMILES string of the molecule is Cc1ccc(CN(Cc2cc3cc(C)cc(C)c3[nH]c2=O)Cc2nnnn2C[C@@H]2CCCO2)cc1. The normalized spacial score (nSPS) is 15.9. The van der Waals surface area contributed by atoms with Crippen molar-refractivity contribution in [3.63, 3.8) is 0 Å². The number of benzene rings is 2. The molecular formula is C27H32N6O2. The number of fused-ring (bicyclic) bond motifs is 1. The molecule has 8 nitrogen and oxygen atoms in total. The van der Waals surface area contributed by atoms with Crippen molar-refractivity contribution in [2.75, 3.05) is 6.61 Å². The van der Waals surface area contributed by atoms with Crippen LogP contribution in [0.25, 0.3) is 10.9 Å². The van der Waals surface area contributed by atoms with E-state index >= 15 is 0 Å². The second-order valence-corrected chi connectivity index (χ2v) is 9.71. The van der Waals surface area contributed by atoms with E-state index in [0.717, 1.165) is 47.3 Å². The predicted octanol–water partition coefficient (Wildman–Crippen LogP) is 3.82. The molecule has 0 saturated carbocycles. The van der Waals surface area contributed by atoms with Crippen LogP contribution >= 0.6 is 0 Å². The minimum absolute atomic E-state index is 0.0580. The van der Waals surface area contributed by atoms with Crippen molar-refractivity contribution >= 4 is 10.9 Å². The average molecular weight is 473 g/mol. The maximum Gasteiger partial charge on any atom is 0.252 e. The zero-order valence-corrected chi connectivity index (χ0v) is 20.6. The monoisotopic (exact) mass is 472 g/mol. The number of nitrogens with zero attached hydrogens (tertiary/aromatic N) is 5. The molecule has 182 valence electrons. The van der Waals surface area contributed by atoms with Crippen LogP contribution in [-0.2, 0) is 30.9 Å². The van der Waals surface area contributed by atoms with E-state index in [1.54, 1.807) is 0 Å². The van der Waals surface area contributed by atoms with Gasteiger partial charge in [-0.05, 0) is 72.7 Å². The lowest BCUT2D eigenvalue weighted by molar-refractivity contribution is 0.0914. The quantitative estimate of drug-likeness (QED) is 0.419. The number of hydrogen-bond donors (Lipinski definition) is 1. The third-order valence-corrected chi connectivity index (χ3v) is 6.66. The fourth-order valence-electron chi connectivity index (χ4n) is 4.87. The van der Waals surface area contributed by atoms with Gasteiger partial charge >= 0.3 is 0 Å². The fraction of sp³-hybridized carbons (Fsp3) is 0.407. The lowest BCUT2D eigenvalue weighted by Gasteiger charge is -2.22. The molecule has 0 unspecified atom stereocenters. The van der Waals surface area contributed by atoms with Crippen molar-refractivity contribution in [1.29, 1.82) is 0 Å². The first-order valence-corrected chi connectivity index (χ1v) is 12.2. The van der Waals surface area contributed by atoms with Gasteiger partial charge in [0.15, 0.2) is 5.82 Å². The lowest BCUT2D eigenvalue weighted by Crippen LogP contribution is -2.29. The highest BCUT2D eigenvalue weighted by molar-refractivity contribution is 5.82. The maximum atomic E-state index is 13.1. The van der Waals surface area contributed by atoms with Crippen LogP contribution in [0.15, 0.2) is 47.3 Å². The Morgan fingerprint density at radius 1 is 1.06 bits per heavy atom. The Morgan fingerprint density at radius 2 is 1.89 bits per heavy atom. The van der Waals surface area contributed by atoms with Gasteiger partial charge in [0.05, 0.1) is 24.7 Å². The van der Waals surface area contributed by atoms with Crippen molar-refractivity contribution in [3.8, 4) is 0 Å². The van der Waals surface area contributed by atoms with E-state index in [2.05, 4.69) is 75.7 Å². The van der Waals surface area contributed by atoms with E-state index in [1.807, 2.05) is 17.7 Å². The largest absolute Gasteiger partial charge is 0.376 e. The number of nitrogens with one attached hydrogen (secondary N) is 1. The molecule has 1 N–H and O–H groups in total. The molecule has 1 atom stereocenters. The number of aromatic nitrogens is 5. The highest BCUT2D eigenvalue weighted by Crippen LogP contribution is 2.20. The minimum Gasteiger partial charge on any atom is -0.376 e. The summed E-state index contributed by atoms with van der Waals surface area (Å²) in [5.74, 6) is 0.775. The second-order valence-electron chi connectivity index (χ2n) is 9.71. The average Bonchev–Trinajstić information content (AvgIpc) is 3.49. The third kappa shape index (κ3) is 5.49. The molecule has 5 rings (SSSR count). The van der Waals surface area contributed by atoms with Crippen LogP contribution in [0, 0.1) is 20.8 Å². The summed E-state index contributed by atoms with van der Waals surface area (Å²) in [6, 6.07) is 14.7. The van der Waals surface area contributed by atoms with Gasteiger partial charge in [0.1, 0.15) is 0 Å². The van der Waals surface area contributed by atoms with E-state index in [-0.39, 0.29) is 11.7 Å². The molecule has 0 aliphatic carbocycles. The Morgan fingerprint density at radius 3 is 2.66 bits per heavy atom. The highest BCUT2D eigenvalue weighted by Gasteiger charge is 2.21. The molecule has 2 aromatic heterocycles. The van der Waals surface area contributed by atoms with Crippen molar-refractivity contribution in [1.82, 2.24) is 30.1 Å². The van der Waals surface area contributed by atoms with Crippen LogP contribution in [0.2, 0.25) is 0 Å².